The molecular formula is C24H27N3O2. The molecule has 0 amide bonds. The van der Waals surface area contributed by atoms with Crippen LogP contribution >= 0.6 is 0 Å². The highest BCUT2D eigenvalue weighted by Crippen LogP contribution is 2.34. The number of pyridine rings is 2. The SMILES string of the molecule is Cc1cc(O)c(C(c2ccccc2)N2CCCCC2)c(=O)n1Cc1ccccn1. The maximum Gasteiger partial charge on any atom is 0.260 e. The summed E-state index contributed by atoms with van der Waals surface area (Å²) in [5, 5.41) is 10.9. The smallest absolute Gasteiger partial charge is 0.260 e. The second kappa shape index (κ2) is 8.62. The van der Waals surface area contributed by atoms with Crippen molar-refractivity contribution < 1.29 is 5.11 Å². The van der Waals surface area contributed by atoms with Crippen LogP contribution < -0.4 is 5.56 Å². The van der Waals surface area contributed by atoms with Crippen LogP contribution in [-0.2, 0) is 6.54 Å². The summed E-state index contributed by atoms with van der Waals surface area (Å²) in [5.74, 6) is 0.0733. The Bertz CT molecular complexity index is 1010. The standard InChI is InChI=1S/C24H27N3O2/c1-18-16-21(28)22(24(29)27(18)17-20-12-6-7-13-25-20)23(19-10-4-2-5-11-19)26-14-8-3-9-15-26/h2,4-7,10-13,16,23,28H,3,8-9,14-15,17H2,1H3. The lowest BCUT2D eigenvalue weighted by molar-refractivity contribution is 0.183. The molecule has 0 aliphatic carbocycles. The largest absolute Gasteiger partial charge is 0.507 e. The number of benzene rings is 1. The molecule has 1 fully saturated rings. The zero-order chi connectivity index (χ0) is 20.2. The lowest BCUT2D eigenvalue weighted by Crippen LogP contribution is -2.38. The third-order valence-corrected chi connectivity index (χ3v) is 5.71. The van der Waals surface area contributed by atoms with Gasteiger partial charge in [0.2, 0.25) is 0 Å². The first-order valence-corrected chi connectivity index (χ1v) is 10.3. The molecular weight excluding hydrogens is 362 g/mol. The van der Waals surface area contributed by atoms with Crippen LogP contribution in [0.15, 0.2) is 65.6 Å². The van der Waals surface area contributed by atoms with E-state index < -0.39 is 0 Å². The topological polar surface area (TPSA) is 58.4 Å². The maximum atomic E-state index is 13.6. The lowest BCUT2D eigenvalue weighted by Gasteiger charge is -2.35. The highest BCUT2D eigenvalue weighted by atomic mass is 16.3. The second-order valence-corrected chi connectivity index (χ2v) is 7.71. The summed E-state index contributed by atoms with van der Waals surface area (Å²) in [7, 11) is 0. The minimum atomic E-state index is -0.250. The van der Waals surface area contributed by atoms with Gasteiger partial charge in [0.05, 0.1) is 23.8 Å². The van der Waals surface area contributed by atoms with Gasteiger partial charge in [-0.15, -0.1) is 0 Å². The first-order chi connectivity index (χ1) is 14.1. The molecule has 1 unspecified atom stereocenters. The van der Waals surface area contributed by atoms with Crippen LogP contribution in [0.1, 0.15) is 47.8 Å². The molecule has 1 aliphatic rings. The summed E-state index contributed by atoms with van der Waals surface area (Å²) >= 11 is 0. The van der Waals surface area contributed by atoms with Crippen molar-refractivity contribution in [2.24, 2.45) is 0 Å². The van der Waals surface area contributed by atoms with Gasteiger partial charge < -0.3 is 9.67 Å². The minimum absolute atomic E-state index is 0.0733. The van der Waals surface area contributed by atoms with Gasteiger partial charge in [-0.25, -0.2) is 0 Å². The Labute approximate surface area is 171 Å². The Morgan fingerprint density at radius 1 is 1.03 bits per heavy atom. The van der Waals surface area contributed by atoms with Crippen molar-refractivity contribution in [3.05, 3.63) is 93.7 Å². The minimum Gasteiger partial charge on any atom is -0.507 e. The van der Waals surface area contributed by atoms with Crippen molar-refractivity contribution in [1.82, 2.24) is 14.5 Å². The fourth-order valence-corrected chi connectivity index (χ4v) is 4.25. The maximum absolute atomic E-state index is 13.6. The number of aryl methyl sites for hydroxylation is 1. The predicted molar refractivity (Wildman–Crippen MR) is 114 cm³/mol. The van der Waals surface area contributed by atoms with Gasteiger partial charge in [-0.1, -0.05) is 42.8 Å². The third-order valence-electron chi connectivity index (χ3n) is 5.71. The van der Waals surface area contributed by atoms with Crippen molar-refractivity contribution >= 4 is 0 Å². The molecule has 0 bridgehead atoms. The predicted octanol–water partition coefficient (Wildman–Crippen LogP) is 3.88. The van der Waals surface area contributed by atoms with Gasteiger partial charge in [0.25, 0.3) is 5.56 Å². The van der Waals surface area contributed by atoms with E-state index in [9.17, 15) is 9.90 Å². The Morgan fingerprint density at radius 3 is 2.45 bits per heavy atom. The van der Waals surface area contributed by atoms with E-state index in [0.29, 0.717) is 12.1 Å². The van der Waals surface area contributed by atoms with E-state index >= 15 is 0 Å². The average molecular weight is 389 g/mol. The molecule has 1 aromatic carbocycles. The van der Waals surface area contributed by atoms with Gasteiger partial charge in [-0.05, 0) is 56.6 Å². The number of rotatable bonds is 5. The van der Waals surface area contributed by atoms with E-state index in [1.165, 1.54) is 6.42 Å². The van der Waals surface area contributed by atoms with E-state index in [-0.39, 0.29) is 17.4 Å². The van der Waals surface area contributed by atoms with Crippen LogP contribution in [0.25, 0.3) is 0 Å². The molecule has 3 aromatic rings. The molecule has 5 heteroatoms. The lowest BCUT2D eigenvalue weighted by atomic mass is 9.94. The zero-order valence-electron chi connectivity index (χ0n) is 16.8. The molecule has 150 valence electrons. The number of likely N-dealkylation sites (tertiary alicyclic amines) is 1. The van der Waals surface area contributed by atoms with Crippen molar-refractivity contribution in [3.8, 4) is 5.75 Å². The van der Waals surface area contributed by atoms with Gasteiger partial charge in [-0.3, -0.25) is 14.7 Å². The highest BCUT2D eigenvalue weighted by Gasteiger charge is 2.29. The number of aromatic nitrogens is 2. The molecule has 1 aliphatic heterocycles. The summed E-state index contributed by atoms with van der Waals surface area (Å²) in [6, 6.07) is 17.2. The number of aromatic hydroxyl groups is 1. The molecule has 29 heavy (non-hydrogen) atoms. The molecule has 3 heterocycles. The molecule has 5 nitrogen and oxygen atoms in total. The van der Waals surface area contributed by atoms with Gasteiger partial charge >= 0.3 is 0 Å². The van der Waals surface area contributed by atoms with Gasteiger partial charge in [-0.2, -0.15) is 0 Å². The summed E-state index contributed by atoms with van der Waals surface area (Å²) < 4.78 is 1.72. The van der Waals surface area contributed by atoms with Crippen molar-refractivity contribution in [1.29, 1.82) is 0 Å². The van der Waals surface area contributed by atoms with Crippen LogP contribution in [0, 0.1) is 6.92 Å². The van der Waals surface area contributed by atoms with Gasteiger partial charge in [0.15, 0.2) is 0 Å². The van der Waals surface area contributed by atoms with E-state index in [2.05, 4.69) is 9.88 Å². The third kappa shape index (κ3) is 4.10. The van der Waals surface area contributed by atoms with E-state index in [0.717, 1.165) is 42.9 Å². The fraction of sp³-hybridized carbons (Fsp3) is 0.333. The van der Waals surface area contributed by atoms with Gasteiger partial charge in [0, 0.05) is 11.9 Å². The van der Waals surface area contributed by atoms with Crippen LogP contribution in [0.5, 0.6) is 5.75 Å². The van der Waals surface area contributed by atoms with E-state index in [4.69, 9.17) is 0 Å². The van der Waals surface area contributed by atoms with Crippen molar-refractivity contribution in [2.75, 3.05) is 13.1 Å². The molecule has 1 N–H and O–H groups in total. The summed E-state index contributed by atoms with van der Waals surface area (Å²) in [6.07, 6.45) is 5.16. The van der Waals surface area contributed by atoms with E-state index in [1.807, 2.05) is 55.5 Å². The van der Waals surface area contributed by atoms with E-state index in [1.54, 1.807) is 16.8 Å². The molecule has 2 aromatic heterocycles. The molecule has 1 saturated heterocycles. The highest BCUT2D eigenvalue weighted by molar-refractivity contribution is 5.41. The van der Waals surface area contributed by atoms with Crippen LogP contribution in [0.2, 0.25) is 0 Å². The monoisotopic (exact) mass is 389 g/mol. The van der Waals surface area contributed by atoms with Crippen molar-refractivity contribution in [2.45, 2.75) is 38.8 Å². The quantitative estimate of drug-likeness (QED) is 0.719. The Morgan fingerprint density at radius 2 is 1.76 bits per heavy atom. The van der Waals surface area contributed by atoms with Crippen LogP contribution in [-0.4, -0.2) is 32.6 Å². The summed E-state index contributed by atoms with van der Waals surface area (Å²) in [4.78, 5) is 20.3. The first kappa shape index (κ1) is 19.4. The molecule has 1 atom stereocenters. The Hall–Kier alpha value is -2.92. The Balaban J connectivity index is 1.84. The number of nitrogens with zero attached hydrogens (tertiary/aromatic N) is 3. The number of hydrogen-bond donors (Lipinski definition) is 1. The molecule has 0 spiro atoms. The normalized spacial score (nSPS) is 15.9. The van der Waals surface area contributed by atoms with Crippen molar-refractivity contribution in [3.63, 3.8) is 0 Å². The Kier molecular flexibility index (Phi) is 5.76. The molecule has 0 radical (unpaired) electrons. The average Bonchev–Trinajstić information content (AvgIpc) is 2.76. The first-order valence-electron chi connectivity index (χ1n) is 10.3. The second-order valence-electron chi connectivity index (χ2n) is 7.71. The molecule has 4 rings (SSSR count). The van der Waals surface area contributed by atoms with Gasteiger partial charge in [0.1, 0.15) is 5.75 Å². The summed E-state index contributed by atoms with van der Waals surface area (Å²) in [6.45, 7) is 4.09. The zero-order valence-corrected chi connectivity index (χ0v) is 16.8. The van der Waals surface area contributed by atoms with Crippen LogP contribution in [0.3, 0.4) is 0 Å². The molecule has 0 saturated carbocycles. The fourth-order valence-electron chi connectivity index (χ4n) is 4.25. The number of hydrogen-bond acceptors (Lipinski definition) is 4. The summed E-state index contributed by atoms with van der Waals surface area (Å²) in [5.41, 5.74) is 2.90. The van der Waals surface area contributed by atoms with Crippen LogP contribution in [0.4, 0.5) is 0 Å². The number of piperidine rings is 1.